The number of hydrogen-bond donors (Lipinski definition) is 2. The molecule has 1 atom stereocenters. The summed E-state index contributed by atoms with van der Waals surface area (Å²) in [4.78, 5) is 0. The highest BCUT2D eigenvalue weighted by molar-refractivity contribution is 5.35. The maximum absolute atomic E-state index is 10.3. The summed E-state index contributed by atoms with van der Waals surface area (Å²) >= 11 is 0. The predicted molar refractivity (Wildman–Crippen MR) is 67.7 cm³/mol. The minimum atomic E-state index is -0.626. The standard InChI is InChI=1S/C15H16O2/c16-11-10-12-6-4-5-9-14(12)15(17)13-7-2-1-3-8-13/h1-9,15-17H,10-11H2. The zero-order valence-corrected chi connectivity index (χ0v) is 9.58. The molecule has 0 aliphatic heterocycles. The van der Waals surface area contributed by atoms with Gasteiger partial charge in [0.05, 0.1) is 0 Å². The summed E-state index contributed by atoms with van der Waals surface area (Å²) in [5, 5.41) is 19.3. The molecule has 0 radical (unpaired) electrons. The third kappa shape index (κ3) is 2.73. The Kier molecular flexibility index (Phi) is 3.91. The van der Waals surface area contributed by atoms with E-state index in [0.717, 1.165) is 16.7 Å². The van der Waals surface area contributed by atoms with Gasteiger partial charge in [0.15, 0.2) is 0 Å². The van der Waals surface area contributed by atoms with Crippen LogP contribution in [0.15, 0.2) is 54.6 Å². The highest BCUT2D eigenvalue weighted by atomic mass is 16.3. The SMILES string of the molecule is OCCc1ccccc1C(O)c1ccccc1. The second-order valence-electron chi connectivity index (χ2n) is 3.99. The lowest BCUT2D eigenvalue weighted by molar-refractivity contribution is 0.218. The lowest BCUT2D eigenvalue weighted by atomic mass is 9.95. The third-order valence-electron chi connectivity index (χ3n) is 2.85. The van der Waals surface area contributed by atoms with Gasteiger partial charge in [0, 0.05) is 6.61 Å². The molecule has 2 heteroatoms. The molecule has 88 valence electrons. The molecule has 0 aliphatic carbocycles. The Balaban J connectivity index is 2.33. The Hall–Kier alpha value is -1.64. The predicted octanol–water partition coefficient (Wildman–Crippen LogP) is 2.30. The zero-order valence-electron chi connectivity index (χ0n) is 9.58. The molecule has 0 spiro atoms. The summed E-state index contributed by atoms with van der Waals surface area (Å²) in [6.07, 6.45) is -0.0565. The summed E-state index contributed by atoms with van der Waals surface area (Å²) in [7, 11) is 0. The van der Waals surface area contributed by atoms with Crippen LogP contribution in [0.2, 0.25) is 0 Å². The second-order valence-corrected chi connectivity index (χ2v) is 3.99. The van der Waals surface area contributed by atoms with Crippen molar-refractivity contribution in [3.05, 3.63) is 71.3 Å². The molecule has 0 aliphatic rings. The highest BCUT2D eigenvalue weighted by Gasteiger charge is 2.13. The van der Waals surface area contributed by atoms with Crippen LogP contribution in [0.3, 0.4) is 0 Å². The quantitative estimate of drug-likeness (QED) is 0.843. The molecule has 0 heterocycles. The Morgan fingerprint density at radius 3 is 2.24 bits per heavy atom. The van der Waals surface area contributed by atoms with Crippen molar-refractivity contribution in [2.24, 2.45) is 0 Å². The maximum atomic E-state index is 10.3. The third-order valence-corrected chi connectivity index (χ3v) is 2.85. The van der Waals surface area contributed by atoms with Crippen molar-refractivity contribution in [2.45, 2.75) is 12.5 Å². The molecule has 2 aromatic carbocycles. The largest absolute Gasteiger partial charge is 0.396 e. The topological polar surface area (TPSA) is 40.5 Å². The van der Waals surface area contributed by atoms with Gasteiger partial charge >= 0.3 is 0 Å². The molecule has 2 nitrogen and oxygen atoms in total. The first-order valence-electron chi connectivity index (χ1n) is 5.74. The van der Waals surface area contributed by atoms with Crippen LogP contribution in [0.25, 0.3) is 0 Å². The van der Waals surface area contributed by atoms with E-state index in [1.807, 2.05) is 54.6 Å². The van der Waals surface area contributed by atoms with Crippen molar-refractivity contribution in [3.8, 4) is 0 Å². The summed E-state index contributed by atoms with van der Waals surface area (Å²) in [6, 6.07) is 17.2. The zero-order chi connectivity index (χ0) is 12.1. The van der Waals surface area contributed by atoms with Gasteiger partial charge in [-0.05, 0) is 23.1 Å². The summed E-state index contributed by atoms with van der Waals surface area (Å²) < 4.78 is 0. The van der Waals surface area contributed by atoms with E-state index in [1.165, 1.54) is 0 Å². The number of aliphatic hydroxyl groups is 2. The van der Waals surface area contributed by atoms with E-state index in [1.54, 1.807) is 0 Å². The number of aliphatic hydroxyl groups excluding tert-OH is 2. The van der Waals surface area contributed by atoms with Crippen molar-refractivity contribution in [1.82, 2.24) is 0 Å². The first-order chi connectivity index (χ1) is 8.33. The van der Waals surface area contributed by atoms with Crippen molar-refractivity contribution in [1.29, 1.82) is 0 Å². The number of hydrogen-bond acceptors (Lipinski definition) is 2. The van der Waals surface area contributed by atoms with Gasteiger partial charge in [-0.3, -0.25) is 0 Å². The molecule has 2 aromatic rings. The van der Waals surface area contributed by atoms with Crippen LogP contribution >= 0.6 is 0 Å². The van der Waals surface area contributed by atoms with E-state index in [4.69, 9.17) is 5.11 Å². The van der Waals surface area contributed by atoms with E-state index in [0.29, 0.717) is 6.42 Å². The molecular formula is C15H16O2. The molecule has 2 N–H and O–H groups in total. The molecule has 0 fully saturated rings. The Bertz CT molecular complexity index is 465. The Morgan fingerprint density at radius 1 is 0.882 bits per heavy atom. The monoisotopic (exact) mass is 228 g/mol. The van der Waals surface area contributed by atoms with Gasteiger partial charge in [0.25, 0.3) is 0 Å². The van der Waals surface area contributed by atoms with Gasteiger partial charge in [0.2, 0.25) is 0 Å². The van der Waals surface area contributed by atoms with E-state index < -0.39 is 6.10 Å². The highest BCUT2D eigenvalue weighted by Crippen LogP contribution is 2.24. The minimum absolute atomic E-state index is 0.0958. The van der Waals surface area contributed by atoms with E-state index in [9.17, 15) is 5.11 Å². The van der Waals surface area contributed by atoms with Crippen LogP contribution in [0.5, 0.6) is 0 Å². The summed E-state index contributed by atoms with van der Waals surface area (Å²) in [5.74, 6) is 0. The first-order valence-corrected chi connectivity index (χ1v) is 5.74. The lowest BCUT2D eigenvalue weighted by Gasteiger charge is -2.15. The van der Waals surface area contributed by atoms with E-state index in [2.05, 4.69) is 0 Å². The van der Waals surface area contributed by atoms with Crippen LogP contribution < -0.4 is 0 Å². The molecule has 0 saturated carbocycles. The lowest BCUT2D eigenvalue weighted by Crippen LogP contribution is -2.05. The number of rotatable bonds is 4. The maximum Gasteiger partial charge on any atom is 0.104 e. The molecule has 0 amide bonds. The molecule has 0 saturated heterocycles. The van der Waals surface area contributed by atoms with Crippen molar-refractivity contribution >= 4 is 0 Å². The van der Waals surface area contributed by atoms with Crippen LogP contribution in [0, 0.1) is 0 Å². The van der Waals surface area contributed by atoms with Gasteiger partial charge < -0.3 is 10.2 Å². The smallest absolute Gasteiger partial charge is 0.104 e. The molecule has 0 bridgehead atoms. The van der Waals surface area contributed by atoms with Crippen LogP contribution in [0.1, 0.15) is 22.8 Å². The molecule has 2 rings (SSSR count). The molecule has 1 unspecified atom stereocenters. The van der Waals surface area contributed by atoms with Gasteiger partial charge in [-0.25, -0.2) is 0 Å². The van der Waals surface area contributed by atoms with Gasteiger partial charge in [-0.2, -0.15) is 0 Å². The first kappa shape index (κ1) is 11.8. The van der Waals surface area contributed by atoms with Gasteiger partial charge in [-0.1, -0.05) is 54.6 Å². The van der Waals surface area contributed by atoms with Crippen LogP contribution in [0.4, 0.5) is 0 Å². The fourth-order valence-electron chi connectivity index (χ4n) is 1.96. The average molecular weight is 228 g/mol. The normalized spacial score (nSPS) is 12.4. The van der Waals surface area contributed by atoms with Crippen molar-refractivity contribution < 1.29 is 10.2 Å². The van der Waals surface area contributed by atoms with Crippen molar-refractivity contribution in [3.63, 3.8) is 0 Å². The van der Waals surface area contributed by atoms with Crippen LogP contribution in [-0.4, -0.2) is 16.8 Å². The Labute approximate surface area is 101 Å². The molecule has 0 aromatic heterocycles. The number of benzene rings is 2. The van der Waals surface area contributed by atoms with Crippen molar-refractivity contribution in [2.75, 3.05) is 6.61 Å². The van der Waals surface area contributed by atoms with Gasteiger partial charge in [-0.15, -0.1) is 0 Å². The van der Waals surface area contributed by atoms with E-state index >= 15 is 0 Å². The fourth-order valence-corrected chi connectivity index (χ4v) is 1.96. The fraction of sp³-hybridized carbons (Fsp3) is 0.200. The average Bonchev–Trinajstić information content (AvgIpc) is 2.40. The van der Waals surface area contributed by atoms with Gasteiger partial charge in [0.1, 0.15) is 6.10 Å². The molecular weight excluding hydrogens is 212 g/mol. The summed E-state index contributed by atoms with van der Waals surface area (Å²) in [5.41, 5.74) is 2.73. The van der Waals surface area contributed by atoms with Crippen LogP contribution in [-0.2, 0) is 6.42 Å². The Morgan fingerprint density at radius 2 is 1.53 bits per heavy atom. The minimum Gasteiger partial charge on any atom is -0.396 e. The van der Waals surface area contributed by atoms with E-state index in [-0.39, 0.29) is 6.61 Å². The molecule has 17 heavy (non-hydrogen) atoms. The summed E-state index contributed by atoms with van der Waals surface area (Å²) in [6.45, 7) is 0.0958. The second kappa shape index (κ2) is 5.62.